The van der Waals surface area contributed by atoms with Crippen molar-refractivity contribution in [2.24, 2.45) is 5.92 Å². The van der Waals surface area contributed by atoms with Crippen LogP contribution in [0, 0.1) is 5.92 Å². The molecule has 0 aliphatic heterocycles. The first-order valence-electron chi connectivity index (χ1n) is 6.03. The van der Waals surface area contributed by atoms with Gasteiger partial charge in [-0.2, -0.15) is 4.31 Å². The quantitative estimate of drug-likeness (QED) is 0.686. The van der Waals surface area contributed by atoms with Crippen molar-refractivity contribution in [1.29, 1.82) is 0 Å². The van der Waals surface area contributed by atoms with Crippen molar-refractivity contribution < 1.29 is 18.3 Å². The number of nitrogens with zero attached hydrogens (tertiary/aromatic N) is 1. The first kappa shape index (κ1) is 16.4. The van der Waals surface area contributed by atoms with E-state index in [1.807, 2.05) is 20.8 Å². The summed E-state index contributed by atoms with van der Waals surface area (Å²) >= 11 is 0. The summed E-state index contributed by atoms with van der Waals surface area (Å²) in [6.45, 7) is 5.55. The lowest BCUT2D eigenvalue weighted by atomic mass is 10.1. The van der Waals surface area contributed by atoms with Gasteiger partial charge in [-0.1, -0.05) is 27.2 Å². The van der Waals surface area contributed by atoms with Gasteiger partial charge in [0.15, 0.2) is 0 Å². The minimum atomic E-state index is -3.45. The summed E-state index contributed by atoms with van der Waals surface area (Å²) in [5, 5.41) is 8.71. The lowest BCUT2D eigenvalue weighted by Gasteiger charge is -2.21. The van der Waals surface area contributed by atoms with Gasteiger partial charge in [-0.15, -0.1) is 0 Å². The molecule has 0 saturated carbocycles. The Morgan fingerprint density at radius 1 is 1.29 bits per heavy atom. The highest BCUT2D eigenvalue weighted by Crippen LogP contribution is 2.12. The molecule has 102 valence electrons. The fourth-order valence-electron chi connectivity index (χ4n) is 1.76. The van der Waals surface area contributed by atoms with E-state index in [0.717, 1.165) is 17.1 Å². The van der Waals surface area contributed by atoms with Crippen molar-refractivity contribution in [2.45, 2.75) is 40.0 Å². The third-order valence-corrected chi connectivity index (χ3v) is 4.54. The van der Waals surface area contributed by atoms with Gasteiger partial charge in [0.05, 0.1) is 5.75 Å². The summed E-state index contributed by atoms with van der Waals surface area (Å²) in [4.78, 5) is 10.6. The van der Waals surface area contributed by atoms with Crippen LogP contribution in [0.5, 0.6) is 0 Å². The SMILES string of the molecule is CCCC(C)CS(=O)(=O)N(CCC)CC(=O)O. The molecule has 1 atom stereocenters. The third kappa shape index (κ3) is 6.63. The molecule has 0 spiro atoms. The van der Waals surface area contributed by atoms with Gasteiger partial charge >= 0.3 is 5.97 Å². The smallest absolute Gasteiger partial charge is 0.318 e. The zero-order chi connectivity index (χ0) is 13.5. The molecule has 1 unspecified atom stereocenters. The summed E-state index contributed by atoms with van der Waals surface area (Å²) in [5.41, 5.74) is 0. The zero-order valence-corrected chi connectivity index (χ0v) is 11.7. The van der Waals surface area contributed by atoms with Crippen LogP contribution in [0.15, 0.2) is 0 Å². The first-order valence-corrected chi connectivity index (χ1v) is 7.64. The van der Waals surface area contributed by atoms with E-state index in [1.165, 1.54) is 0 Å². The van der Waals surface area contributed by atoms with Gasteiger partial charge in [0.25, 0.3) is 0 Å². The minimum Gasteiger partial charge on any atom is -0.480 e. The number of rotatable bonds is 9. The monoisotopic (exact) mass is 265 g/mol. The zero-order valence-electron chi connectivity index (χ0n) is 10.8. The molecule has 6 heteroatoms. The molecular weight excluding hydrogens is 242 g/mol. The van der Waals surface area contributed by atoms with E-state index < -0.39 is 22.5 Å². The van der Waals surface area contributed by atoms with Crippen LogP contribution in [-0.4, -0.2) is 42.6 Å². The normalized spacial score (nSPS) is 13.9. The number of hydrogen-bond acceptors (Lipinski definition) is 3. The Kier molecular flexibility index (Phi) is 7.38. The van der Waals surface area contributed by atoms with E-state index in [2.05, 4.69) is 0 Å². The highest BCUT2D eigenvalue weighted by molar-refractivity contribution is 7.89. The molecule has 1 N–H and O–H groups in total. The lowest BCUT2D eigenvalue weighted by Crippen LogP contribution is -2.39. The average molecular weight is 265 g/mol. The Labute approximate surface area is 104 Å². The maximum atomic E-state index is 12.0. The molecule has 0 aliphatic rings. The summed E-state index contributed by atoms with van der Waals surface area (Å²) in [7, 11) is -3.45. The summed E-state index contributed by atoms with van der Waals surface area (Å²) < 4.78 is 25.1. The predicted molar refractivity (Wildman–Crippen MR) is 67.4 cm³/mol. The number of carbonyl (C=O) groups is 1. The molecule has 17 heavy (non-hydrogen) atoms. The minimum absolute atomic E-state index is 0.0358. The van der Waals surface area contributed by atoms with Crippen LogP contribution in [0.4, 0.5) is 0 Å². The van der Waals surface area contributed by atoms with Gasteiger partial charge in [-0.05, 0) is 18.8 Å². The third-order valence-electron chi connectivity index (χ3n) is 2.45. The van der Waals surface area contributed by atoms with E-state index in [-0.39, 0.29) is 18.2 Å². The van der Waals surface area contributed by atoms with Crippen molar-refractivity contribution in [1.82, 2.24) is 4.31 Å². The first-order chi connectivity index (χ1) is 7.83. The van der Waals surface area contributed by atoms with Gasteiger partial charge < -0.3 is 5.11 Å². The predicted octanol–water partition coefficient (Wildman–Crippen LogP) is 1.55. The second-order valence-electron chi connectivity index (χ2n) is 4.40. The molecule has 0 radical (unpaired) electrons. The van der Waals surface area contributed by atoms with Gasteiger partial charge in [-0.25, -0.2) is 8.42 Å². The molecule has 0 aromatic heterocycles. The summed E-state index contributed by atoms with van der Waals surface area (Å²) in [6.07, 6.45) is 2.39. The number of aliphatic carboxylic acids is 1. The van der Waals surface area contributed by atoms with Crippen LogP contribution < -0.4 is 0 Å². The number of carboxylic acid groups (broad SMARTS) is 1. The summed E-state index contributed by atoms with van der Waals surface area (Å²) in [6, 6.07) is 0. The van der Waals surface area contributed by atoms with Crippen molar-refractivity contribution >= 4 is 16.0 Å². The van der Waals surface area contributed by atoms with E-state index in [9.17, 15) is 13.2 Å². The van der Waals surface area contributed by atoms with Gasteiger partial charge in [0.1, 0.15) is 6.54 Å². The van der Waals surface area contributed by atoms with E-state index in [0.29, 0.717) is 6.42 Å². The molecule has 0 aromatic carbocycles. The van der Waals surface area contributed by atoms with Gasteiger partial charge in [-0.3, -0.25) is 4.79 Å². The Balaban J connectivity index is 4.64. The largest absolute Gasteiger partial charge is 0.480 e. The topological polar surface area (TPSA) is 74.7 Å². The molecule has 0 aromatic rings. The van der Waals surface area contributed by atoms with Crippen LogP contribution in [-0.2, 0) is 14.8 Å². The van der Waals surface area contributed by atoms with Crippen LogP contribution >= 0.6 is 0 Å². The Hall–Kier alpha value is -0.620. The molecule has 0 bridgehead atoms. The Morgan fingerprint density at radius 3 is 2.29 bits per heavy atom. The van der Waals surface area contributed by atoms with Crippen molar-refractivity contribution in [3.8, 4) is 0 Å². The van der Waals surface area contributed by atoms with Crippen LogP contribution in [0.3, 0.4) is 0 Å². The Morgan fingerprint density at radius 2 is 1.88 bits per heavy atom. The fourth-order valence-corrected chi connectivity index (χ4v) is 3.62. The van der Waals surface area contributed by atoms with Gasteiger partial charge in [0.2, 0.25) is 10.0 Å². The maximum absolute atomic E-state index is 12.0. The standard InChI is InChI=1S/C11H23NO4S/c1-4-6-10(3)9-17(15,16)12(7-5-2)8-11(13)14/h10H,4-9H2,1-3H3,(H,13,14). The molecule has 0 saturated heterocycles. The second kappa shape index (κ2) is 7.66. The van der Waals surface area contributed by atoms with Crippen molar-refractivity contribution in [2.75, 3.05) is 18.8 Å². The van der Waals surface area contributed by atoms with Gasteiger partial charge in [0, 0.05) is 6.54 Å². The van der Waals surface area contributed by atoms with E-state index in [4.69, 9.17) is 5.11 Å². The highest BCUT2D eigenvalue weighted by atomic mass is 32.2. The van der Waals surface area contributed by atoms with E-state index >= 15 is 0 Å². The molecular formula is C11H23NO4S. The second-order valence-corrected chi connectivity index (χ2v) is 6.41. The maximum Gasteiger partial charge on any atom is 0.318 e. The number of hydrogen-bond donors (Lipinski definition) is 1. The number of carboxylic acids is 1. The average Bonchev–Trinajstić information content (AvgIpc) is 2.15. The molecule has 0 fully saturated rings. The van der Waals surface area contributed by atoms with Crippen LogP contribution in [0.2, 0.25) is 0 Å². The number of sulfonamides is 1. The molecule has 0 aliphatic carbocycles. The lowest BCUT2D eigenvalue weighted by molar-refractivity contribution is -0.137. The van der Waals surface area contributed by atoms with Crippen molar-refractivity contribution in [3.05, 3.63) is 0 Å². The molecule has 0 heterocycles. The van der Waals surface area contributed by atoms with Crippen LogP contribution in [0.25, 0.3) is 0 Å². The summed E-state index contributed by atoms with van der Waals surface area (Å²) in [5.74, 6) is -1.00. The Bertz CT molecular complexity index is 326. The molecule has 5 nitrogen and oxygen atoms in total. The highest BCUT2D eigenvalue weighted by Gasteiger charge is 2.25. The van der Waals surface area contributed by atoms with E-state index in [1.54, 1.807) is 0 Å². The molecule has 0 amide bonds. The van der Waals surface area contributed by atoms with Crippen LogP contribution in [0.1, 0.15) is 40.0 Å². The molecule has 0 rings (SSSR count). The fraction of sp³-hybridized carbons (Fsp3) is 0.909. The van der Waals surface area contributed by atoms with Crippen molar-refractivity contribution in [3.63, 3.8) is 0 Å².